The molecule has 1 heterocycles. The molecule has 26 heavy (non-hydrogen) atoms. The van der Waals surface area contributed by atoms with E-state index < -0.39 is 14.9 Å². The summed E-state index contributed by atoms with van der Waals surface area (Å²) in [6, 6.07) is 3.18. The molecule has 1 aliphatic heterocycles. The summed E-state index contributed by atoms with van der Waals surface area (Å²) < 4.78 is 33.0. The van der Waals surface area contributed by atoms with Gasteiger partial charge in [0.25, 0.3) is 5.69 Å². The number of nitrogens with two attached hydrogens (primary N) is 1. The van der Waals surface area contributed by atoms with Gasteiger partial charge >= 0.3 is 0 Å². The minimum atomic E-state index is -3.92. The lowest BCUT2D eigenvalue weighted by atomic mass is 10.1. The molecule has 0 atom stereocenters. The van der Waals surface area contributed by atoms with E-state index in [0.717, 1.165) is 6.42 Å². The summed E-state index contributed by atoms with van der Waals surface area (Å²) in [6.45, 7) is 4.84. The first-order valence-electron chi connectivity index (χ1n) is 8.35. The molecule has 0 saturated carbocycles. The minimum absolute atomic E-state index is 0. The molecule has 0 radical (unpaired) electrons. The minimum Gasteiger partial charge on any atom is -0.378 e. The standard InChI is InChI=1S/C16H25N3O5S.ClH/c1-12-4-5-13(2)16(15(12)19(20)21)25(22,23)18-9-6-14(7-10-18)24-11-3-8-17;/h4-5,14H,3,6-11,17H2,1-2H3;1H. The van der Waals surface area contributed by atoms with Gasteiger partial charge in [-0.05, 0) is 45.2 Å². The lowest BCUT2D eigenvalue weighted by Gasteiger charge is -2.31. The van der Waals surface area contributed by atoms with Crippen LogP contribution in [-0.4, -0.2) is 50.0 Å². The van der Waals surface area contributed by atoms with Crippen molar-refractivity contribution in [3.8, 4) is 0 Å². The molecule has 0 unspecified atom stereocenters. The Labute approximate surface area is 160 Å². The van der Waals surface area contributed by atoms with E-state index in [4.69, 9.17) is 10.5 Å². The maximum absolute atomic E-state index is 13.0. The van der Waals surface area contributed by atoms with Gasteiger partial charge in [0.1, 0.15) is 0 Å². The maximum atomic E-state index is 13.0. The molecule has 1 saturated heterocycles. The van der Waals surface area contributed by atoms with E-state index in [0.29, 0.717) is 50.2 Å². The van der Waals surface area contributed by atoms with Gasteiger partial charge in [-0.15, -0.1) is 12.4 Å². The predicted molar refractivity (Wildman–Crippen MR) is 101 cm³/mol. The van der Waals surface area contributed by atoms with E-state index in [9.17, 15) is 18.5 Å². The maximum Gasteiger partial charge on any atom is 0.292 e. The zero-order chi connectivity index (χ0) is 18.6. The molecule has 1 aromatic carbocycles. The van der Waals surface area contributed by atoms with E-state index >= 15 is 0 Å². The second-order valence-corrected chi connectivity index (χ2v) is 8.13. The first kappa shape index (κ1) is 22.8. The van der Waals surface area contributed by atoms with Crippen LogP contribution in [0.1, 0.15) is 30.4 Å². The highest BCUT2D eigenvalue weighted by molar-refractivity contribution is 7.89. The molecule has 1 aromatic rings. The second kappa shape index (κ2) is 9.61. The molecule has 8 nitrogen and oxygen atoms in total. The van der Waals surface area contributed by atoms with Gasteiger partial charge in [-0.1, -0.05) is 12.1 Å². The number of nitrogens with zero attached hydrogens (tertiary/aromatic N) is 2. The third-order valence-corrected chi connectivity index (χ3v) is 6.49. The number of nitro groups is 1. The average Bonchev–Trinajstić information content (AvgIpc) is 2.57. The monoisotopic (exact) mass is 407 g/mol. The van der Waals surface area contributed by atoms with Gasteiger partial charge in [-0.25, -0.2) is 8.42 Å². The van der Waals surface area contributed by atoms with Gasteiger partial charge in [-0.3, -0.25) is 10.1 Å². The Bertz CT molecular complexity index is 734. The van der Waals surface area contributed by atoms with Crippen molar-refractivity contribution in [2.75, 3.05) is 26.2 Å². The van der Waals surface area contributed by atoms with Crippen LogP contribution in [0.2, 0.25) is 0 Å². The van der Waals surface area contributed by atoms with E-state index in [-0.39, 0.29) is 29.1 Å². The van der Waals surface area contributed by atoms with Crippen molar-refractivity contribution in [3.63, 3.8) is 0 Å². The average molecular weight is 408 g/mol. The Morgan fingerprint density at radius 3 is 2.38 bits per heavy atom. The number of hydrogen-bond acceptors (Lipinski definition) is 6. The first-order valence-corrected chi connectivity index (χ1v) is 9.79. The molecular weight excluding hydrogens is 382 g/mol. The number of aryl methyl sites for hydroxylation is 2. The van der Waals surface area contributed by atoms with Crippen molar-refractivity contribution >= 4 is 28.1 Å². The van der Waals surface area contributed by atoms with E-state index in [1.807, 2.05) is 0 Å². The summed E-state index contributed by atoms with van der Waals surface area (Å²) in [5.74, 6) is 0. The molecule has 10 heteroatoms. The molecule has 0 aromatic heterocycles. The fourth-order valence-electron chi connectivity index (χ4n) is 3.02. The Hall–Kier alpha value is -1.26. The highest BCUT2D eigenvalue weighted by Gasteiger charge is 2.36. The van der Waals surface area contributed by atoms with Crippen molar-refractivity contribution in [2.45, 2.75) is 44.1 Å². The number of piperidine rings is 1. The number of halogens is 1. The molecule has 148 valence electrons. The molecular formula is C16H26ClN3O5S. The summed E-state index contributed by atoms with van der Waals surface area (Å²) in [7, 11) is -3.92. The fourth-order valence-corrected chi connectivity index (χ4v) is 4.93. The van der Waals surface area contributed by atoms with Gasteiger partial charge in [0, 0.05) is 25.3 Å². The van der Waals surface area contributed by atoms with Crippen molar-refractivity contribution in [1.29, 1.82) is 0 Å². The molecule has 2 rings (SSSR count). The number of nitro benzene ring substituents is 1. The number of benzene rings is 1. The highest BCUT2D eigenvalue weighted by Crippen LogP contribution is 2.34. The van der Waals surface area contributed by atoms with Crippen molar-refractivity contribution < 1.29 is 18.1 Å². The number of rotatable bonds is 7. The summed E-state index contributed by atoms with van der Waals surface area (Å²) in [5, 5.41) is 11.4. The van der Waals surface area contributed by atoms with Crippen LogP contribution in [0.15, 0.2) is 17.0 Å². The number of hydrogen-bond donors (Lipinski definition) is 1. The Morgan fingerprint density at radius 2 is 1.85 bits per heavy atom. The predicted octanol–water partition coefficient (Wildman–Crippen LogP) is 2.15. The van der Waals surface area contributed by atoms with Crippen LogP contribution in [0, 0.1) is 24.0 Å². The Kier molecular flexibility index (Phi) is 8.42. The second-order valence-electron chi connectivity index (χ2n) is 6.25. The largest absolute Gasteiger partial charge is 0.378 e. The third-order valence-electron chi connectivity index (χ3n) is 4.41. The van der Waals surface area contributed by atoms with E-state index in [1.165, 1.54) is 4.31 Å². The van der Waals surface area contributed by atoms with Crippen molar-refractivity contribution in [2.24, 2.45) is 5.73 Å². The summed E-state index contributed by atoms with van der Waals surface area (Å²) >= 11 is 0. The van der Waals surface area contributed by atoms with Crippen LogP contribution >= 0.6 is 12.4 Å². The quantitative estimate of drug-likeness (QED) is 0.420. The third kappa shape index (κ3) is 4.92. The summed E-state index contributed by atoms with van der Waals surface area (Å²) in [5.41, 5.74) is 5.83. The number of ether oxygens (including phenoxy) is 1. The van der Waals surface area contributed by atoms with Crippen LogP contribution in [-0.2, 0) is 14.8 Å². The molecule has 0 spiro atoms. The highest BCUT2D eigenvalue weighted by atomic mass is 35.5. The lowest BCUT2D eigenvalue weighted by molar-refractivity contribution is -0.388. The zero-order valence-electron chi connectivity index (χ0n) is 15.0. The molecule has 1 aliphatic rings. The zero-order valence-corrected chi connectivity index (χ0v) is 16.6. The van der Waals surface area contributed by atoms with Crippen molar-refractivity contribution in [1.82, 2.24) is 4.31 Å². The molecule has 0 amide bonds. The Balaban J connectivity index is 0.00000338. The van der Waals surface area contributed by atoms with Crippen LogP contribution in [0.3, 0.4) is 0 Å². The van der Waals surface area contributed by atoms with Gasteiger partial charge in [0.15, 0.2) is 4.90 Å². The van der Waals surface area contributed by atoms with E-state index in [1.54, 1.807) is 26.0 Å². The molecule has 0 bridgehead atoms. The summed E-state index contributed by atoms with van der Waals surface area (Å²) in [6.07, 6.45) is 1.92. The fraction of sp³-hybridized carbons (Fsp3) is 0.625. The lowest BCUT2D eigenvalue weighted by Crippen LogP contribution is -2.41. The molecule has 1 fully saturated rings. The molecule has 2 N–H and O–H groups in total. The summed E-state index contributed by atoms with van der Waals surface area (Å²) in [4.78, 5) is 10.6. The van der Waals surface area contributed by atoms with Gasteiger partial charge in [0.05, 0.1) is 11.0 Å². The van der Waals surface area contributed by atoms with Gasteiger partial charge in [0.2, 0.25) is 10.0 Å². The normalized spacial score (nSPS) is 16.3. The van der Waals surface area contributed by atoms with E-state index in [2.05, 4.69) is 0 Å². The van der Waals surface area contributed by atoms with Crippen LogP contribution < -0.4 is 5.73 Å². The van der Waals surface area contributed by atoms with Crippen LogP contribution in [0.5, 0.6) is 0 Å². The first-order chi connectivity index (χ1) is 11.8. The topological polar surface area (TPSA) is 116 Å². The molecule has 0 aliphatic carbocycles. The van der Waals surface area contributed by atoms with Crippen LogP contribution in [0.4, 0.5) is 5.69 Å². The number of sulfonamides is 1. The Morgan fingerprint density at radius 1 is 1.27 bits per heavy atom. The van der Waals surface area contributed by atoms with Crippen LogP contribution in [0.25, 0.3) is 0 Å². The smallest absolute Gasteiger partial charge is 0.292 e. The van der Waals surface area contributed by atoms with Crippen molar-refractivity contribution in [3.05, 3.63) is 33.4 Å². The van der Waals surface area contributed by atoms with Gasteiger partial charge in [-0.2, -0.15) is 4.31 Å². The SMILES string of the molecule is Cc1ccc(C)c(S(=O)(=O)N2CCC(OCCCN)CC2)c1[N+](=O)[O-].Cl. The van der Waals surface area contributed by atoms with Gasteiger partial charge < -0.3 is 10.5 Å².